The zero-order valence-corrected chi connectivity index (χ0v) is 13.7. The number of aromatic nitrogens is 2. The van der Waals surface area contributed by atoms with Gasteiger partial charge < -0.3 is 9.72 Å². The number of nitrogens with zero attached hydrogens (tertiary/aromatic N) is 2. The lowest BCUT2D eigenvalue weighted by Gasteiger charge is -2.04. The molecule has 1 N–H and O–H groups in total. The number of hydrogen-bond acceptors (Lipinski definition) is 2. The van der Waals surface area contributed by atoms with E-state index in [0.717, 1.165) is 22.5 Å². The maximum Gasteiger partial charge on any atom is 0.224 e. The van der Waals surface area contributed by atoms with Crippen molar-refractivity contribution in [1.29, 1.82) is 0 Å². The van der Waals surface area contributed by atoms with Gasteiger partial charge in [-0.05, 0) is 36.2 Å². The number of aryl methyl sites for hydroxylation is 1. The fourth-order valence-corrected chi connectivity index (χ4v) is 2.63. The van der Waals surface area contributed by atoms with E-state index in [4.69, 9.17) is 11.6 Å². The number of benzene rings is 1. The number of imidazole rings is 1. The molecule has 23 heavy (non-hydrogen) atoms. The van der Waals surface area contributed by atoms with Crippen LogP contribution in [0.15, 0.2) is 48.8 Å². The van der Waals surface area contributed by atoms with Crippen LogP contribution < -0.4 is 5.32 Å². The maximum atomic E-state index is 11.9. The first kappa shape index (κ1) is 15.6. The molecule has 5 heteroatoms. The summed E-state index contributed by atoms with van der Waals surface area (Å²) >= 11 is 5.83. The van der Waals surface area contributed by atoms with Crippen molar-refractivity contribution in [2.75, 3.05) is 6.54 Å². The molecule has 2 heterocycles. The summed E-state index contributed by atoms with van der Waals surface area (Å²) in [6, 6.07) is 11.4. The Labute approximate surface area is 140 Å². The van der Waals surface area contributed by atoms with Crippen LogP contribution in [0.1, 0.15) is 16.8 Å². The van der Waals surface area contributed by atoms with Crippen LogP contribution in [0.3, 0.4) is 0 Å². The predicted octanol–water partition coefficient (Wildman–Crippen LogP) is 3.20. The molecule has 0 unspecified atom stereocenters. The number of hydrogen-bond donors (Lipinski definition) is 1. The Balaban J connectivity index is 1.53. The Bertz CT molecular complexity index is 824. The molecule has 0 aliphatic heterocycles. The third-order valence-electron chi connectivity index (χ3n) is 3.71. The minimum absolute atomic E-state index is 0.00673. The molecule has 0 fully saturated rings. The monoisotopic (exact) mass is 327 g/mol. The third kappa shape index (κ3) is 3.90. The molecule has 4 nitrogen and oxygen atoms in total. The molecule has 2 aromatic heterocycles. The smallest absolute Gasteiger partial charge is 0.224 e. The van der Waals surface area contributed by atoms with E-state index in [1.54, 1.807) is 12.1 Å². The van der Waals surface area contributed by atoms with Gasteiger partial charge in [-0.3, -0.25) is 4.79 Å². The van der Waals surface area contributed by atoms with Crippen LogP contribution in [-0.2, 0) is 17.6 Å². The van der Waals surface area contributed by atoms with Crippen molar-refractivity contribution in [3.8, 4) is 0 Å². The highest BCUT2D eigenvalue weighted by Crippen LogP contribution is 2.11. The van der Waals surface area contributed by atoms with Crippen molar-refractivity contribution in [3.63, 3.8) is 0 Å². The van der Waals surface area contributed by atoms with E-state index < -0.39 is 0 Å². The molecule has 0 saturated carbocycles. The molecule has 0 spiro atoms. The van der Waals surface area contributed by atoms with Crippen molar-refractivity contribution in [1.82, 2.24) is 14.7 Å². The van der Waals surface area contributed by atoms with Crippen LogP contribution in [0.5, 0.6) is 0 Å². The summed E-state index contributed by atoms with van der Waals surface area (Å²) in [5.41, 5.74) is 4.04. The standard InChI is InChI=1S/C18H18ClN3O/c1-13-3-2-10-22-12-16(21-18(13)22)8-9-20-17(23)11-14-4-6-15(19)7-5-14/h2-7,10,12H,8-9,11H2,1H3,(H,20,23). The Morgan fingerprint density at radius 1 is 1.26 bits per heavy atom. The minimum atomic E-state index is 0.00673. The average molecular weight is 328 g/mol. The lowest BCUT2D eigenvalue weighted by atomic mass is 10.1. The van der Waals surface area contributed by atoms with Crippen molar-refractivity contribution in [3.05, 3.63) is 70.6 Å². The predicted molar refractivity (Wildman–Crippen MR) is 91.8 cm³/mol. The molecule has 0 bridgehead atoms. The van der Waals surface area contributed by atoms with Gasteiger partial charge >= 0.3 is 0 Å². The summed E-state index contributed by atoms with van der Waals surface area (Å²) in [4.78, 5) is 16.5. The number of rotatable bonds is 5. The Hall–Kier alpha value is -2.33. The number of amides is 1. The molecule has 1 amide bonds. The molecule has 3 rings (SSSR count). The van der Waals surface area contributed by atoms with Crippen LogP contribution in [-0.4, -0.2) is 21.8 Å². The van der Waals surface area contributed by atoms with Gasteiger partial charge in [-0.25, -0.2) is 4.98 Å². The molecule has 118 valence electrons. The Morgan fingerprint density at radius 2 is 2.04 bits per heavy atom. The van der Waals surface area contributed by atoms with E-state index in [9.17, 15) is 4.79 Å². The largest absolute Gasteiger partial charge is 0.355 e. The number of carbonyl (C=O) groups excluding carboxylic acids is 1. The Morgan fingerprint density at radius 3 is 2.78 bits per heavy atom. The number of carbonyl (C=O) groups is 1. The first-order valence-corrected chi connectivity index (χ1v) is 7.94. The van der Waals surface area contributed by atoms with Crippen molar-refractivity contribution >= 4 is 23.2 Å². The molecule has 1 aromatic carbocycles. The molecule has 3 aromatic rings. The van der Waals surface area contributed by atoms with Gasteiger partial charge in [0.1, 0.15) is 5.65 Å². The van der Waals surface area contributed by atoms with E-state index in [1.807, 2.05) is 48.0 Å². The van der Waals surface area contributed by atoms with E-state index in [2.05, 4.69) is 10.3 Å². The maximum absolute atomic E-state index is 11.9. The Kier molecular flexibility index (Phi) is 4.63. The lowest BCUT2D eigenvalue weighted by Crippen LogP contribution is -2.27. The van der Waals surface area contributed by atoms with Crippen molar-refractivity contribution in [2.24, 2.45) is 0 Å². The molecule has 0 aliphatic carbocycles. The summed E-state index contributed by atoms with van der Waals surface area (Å²) in [7, 11) is 0. The highest BCUT2D eigenvalue weighted by Gasteiger charge is 2.06. The summed E-state index contributed by atoms with van der Waals surface area (Å²) < 4.78 is 2.01. The summed E-state index contributed by atoms with van der Waals surface area (Å²) in [5, 5.41) is 3.61. The molecule has 0 radical (unpaired) electrons. The van der Waals surface area contributed by atoms with Gasteiger partial charge in [0.05, 0.1) is 12.1 Å². The van der Waals surface area contributed by atoms with Gasteiger partial charge in [0.2, 0.25) is 5.91 Å². The number of fused-ring (bicyclic) bond motifs is 1. The number of halogens is 1. The number of pyridine rings is 1. The molecule has 0 saturated heterocycles. The lowest BCUT2D eigenvalue weighted by molar-refractivity contribution is -0.120. The van der Waals surface area contributed by atoms with Crippen LogP contribution in [0.2, 0.25) is 5.02 Å². The zero-order chi connectivity index (χ0) is 16.2. The highest BCUT2D eigenvalue weighted by atomic mass is 35.5. The van der Waals surface area contributed by atoms with E-state index in [0.29, 0.717) is 24.4 Å². The van der Waals surface area contributed by atoms with Crippen LogP contribution in [0, 0.1) is 6.92 Å². The van der Waals surface area contributed by atoms with Crippen molar-refractivity contribution in [2.45, 2.75) is 19.8 Å². The van der Waals surface area contributed by atoms with Crippen molar-refractivity contribution < 1.29 is 4.79 Å². The average Bonchev–Trinajstić information content (AvgIpc) is 2.94. The summed E-state index contributed by atoms with van der Waals surface area (Å²) in [6.45, 7) is 2.62. The fraction of sp³-hybridized carbons (Fsp3) is 0.222. The molecular formula is C18H18ClN3O. The van der Waals surface area contributed by atoms with Gasteiger partial charge in [0.25, 0.3) is 0 Å². The topological polar surface area (TPSA) is 46.4 Å². The quantitative estimate of drug-likeness (QED) is 0.782. The minimum Gasteiger partial charge on any atom is -0.355 e. The second-order valence-electron chi connectivity index (χ2n) is 5.56. The van der Waals surface area contributed by atoms with Gasteiger partial charge in [-0.15, -0.1) is 0 Å². The molecular weight excluding hydrogens is 310 g/mol. The van der Waals surface area contributed by atoms with E-state index in [1.165, 1.54) is 0 Å². The van der Waals surface area contributed by atoms with Gasteiger partial charge in [-0.1, -0.05) is 29.8 Å². The highest BCUT2D eigenvalue weighted by molar-refractivity contribution is 6.30. The van der Waals surface area contributed by atoms with E-state index >= 15 is 0 Å². The first-order valence-electron chi connectivity index (χ1n) is 7.56. The van der Waals surface area contributed by atoms with Gasteiger partial charge in [0, 0.05) is 30.4 Å². The van der Waals surface area contributed by atoms with E-state index in [-0.39, 0.29) is 5.91 Å². The van der Waals surface area contributed by atoms with Crippen LogP contribution in [0.25, 0.3) is 5.65 Å². The normalized spacial score (nSPS) is 10.9. The second-order valence-corrected chi connectivity index (χ2v) is 5.99. The first-order chi connectivity index (χ1) is 11.1. The fourth-order valence-electron chi connectivity index (χ4n) is 2.50. The number of nitrogens with one attached hydrogen (secondary N) is 1. The third-order valence-corrected chi connectivity index (χ3v) is 3.96. The molecule has 0 aliphatic rings. The van der Waals surface area contributed by atoms with Gasteiger partial charge in [-0.2, -0.15) is 0 Å². The molecule has 0 atom stereocenters. The summed E-state index contributed by atoms with van der Waals surface area (Å²) in [5.74, 6) is 0.00673. The zero-order valence-electron chi connectivity index (χ0n) is 12.9. The second kappa shape index (κ2) is 6.84. The van der Waals surface area contributed by atoms with Crippen LogP contribution >= 0.6 is 11.6 Å². The SMILES string of the molecule is Cc1cccn2cc(CCNC(=O)Cc3ccc(Cl)cc3)nc12. The van der Waals surface area contributed by atoms with Crippen LogP contribution in [0.4, 0.5) is 0 Å². The van der Waals surface area contributed by atoms with Gasteiger partial charge in [0.15, 0.2) is 0 Å². The summed E-state index contributed by atoms with van der Waals surface area (Å²) in [6.07, 6.45) is 5.07.